The zero-order valence-corrected chi connectivity index (χ0v) is 11.7. The lowest BCUT2D eigenvalue weighted by molar-refractivity contribution is 0.619. The van der Waals surface area contributed by atoms with E-state index in [9.17, 15) is 0 Å². The highest BCUT2D eigenvalue weighted by Crippen LogP contribution is 2.18. The van der Waals surface area contributed by atoms with Gasteiger partial charge in [-0.2, -0.15) is 0 Å². The molecule has 2 atom stereocenters. The van der Waals surface area contributed by atoms with Crippen molar-refractivity contribution >= 4 is 5.82 Å². The molecule has 1 aromatic heterocycles. The molecule has 0 spiro atoms. The number of aromatic nitrogens is 1. The third kappa shape index (κ3) is 3.43. The van der Waals surface area contributed by atoms with Crippen molar-refractivity contribution in [1.29, 1.82) is 0 Å². The lowest BCUT2D eigenvalue weighted by Gasteiger charge is -2.28. The Bertz CT molecular complexity index is 321. The average molecular weight is 235 g/mol. The molecule has 0 saturated carbocycles. The number of pyridine rings is 1. The van der Waals surface area contributed by atoms with Crippen LogP contribution in [-0.2, 0) is 0 Å². The Labute approximate surface area is 105 Å². The molecule has 1 N–H and O–H groups in total. The lowest BCUT2D eigenvalue weighted by Crippen LogP contribution is -2.33. The Morgan fingerprint density at radius 2 is 2.00 bits per heavy atom. The topological polar surface area (TPSA) is 28.2 Å². The lowest BCUT2D eigenvalue weighted by atomic mass is 10.1. The predicted octanol–water partition coefficient (Wildman–Crippen LogP) is 2.99. The molecular formula is C14H25N3. The van der Waals surface area contributed by atoms with Crippen LogP contribution >= 0.6 is 0 Å². The van der Waals surface area contributed by atoms with E-state index >= 15 is 0 Å². The number of rotatable bonds is 6. The standard InChI is InChI=1S/C14H25N3/c1-6-11(3)17(7-2)14-9-8-13(10-16-14)12(4)15-5/h8-12,15H,6-7H2,1-5H3. The van der Waals surface area contributed by atoms with Crippen LogP contribution in [0.2, 0.25) is 0 Å². The average Bonchev–Trinajstić information content (AvgIpc) is 2.39. The van der Waals surface area contributed by atoms with Crippen LogP contribution in [0.15, 0.2) is 18.3 Å². The van der Waals surface area contributed by atoms with Crippen LogP contribution in [-0.4, -0.2) is 24.6 Å². The molecule has 0 amide bonds. The van der Waals surface area contributed by atoms with Gasteiger partial charge < -0.3 is 10.2 Å². The zero-order chi connectivity index (χ0) is 12.8. The molecular weight excluding hydrogens is 210 g/mol. The van der Waals surface area contributed by atoms with Crippen molar-refractivity contribution in [3.63, 3.8) is 0 Å². The molecule has 0 bridgehead atoms. The summed E-state index contributed by atoms with van der Waals surface area (Å²) in [6.45, 7) is 9.78. The fraction of sp³-hybridized carbons (Fsp3) is 0.643. The maximum absolute atomic E-state index is 4.57. The Kier molecular flexibility index (Phi) is 5.42. The van der Waals surface area contributed by atoms with Gasteiger partial charge in [0.05, 0.1) is 0 Å². The Hall–Kier alpha value is -1.09. The number of anilines is 1. The van der Waals surface area contributed by atoms with Crippen LogP contribution < -0.4 is 10.2 Å². The molecule has 0 fully saturated rings. The monoisotopic (exact) mass is 235 g/mol. The van der Waals surface area contributed by atoms with Gasteiger partial charge >= 0.3 is 0 Å². The molecule has 17 heavy (non-hydrogen) atoms. The summed E-state index contributed by atoms with van der Waals surface area (Å²) in [6, 6.07) is 5.18. The first-order valence-electron chi connectivity index (χ1n) is 6.53. The normalized spacial score (nSPS) is 14.4. The molecule has 1 aromatic rings. The van der Waals surface area contributed by atoms with Gasteiger partial charge in [0.2, 0.25) is 0 Å². The molecule has 1 rings (SSSR count). The summed E-state index contributed by atoms with van der Waals surface area (Å²) in [5.41, 5.74) is 1.23. The van der Waals surface area contributed by atoms with Gasteiger partial charge in [-0.3, -0.25) is 0 Å². The maximum Gasteiger partial charge on any atom is 0.128 e. The van der Waals surface area contributed by atoms with Crippen LogP contribution in [0.3, 0.4) is 0 Å². The quantitative estimate of drug-likeness (QED) is 0.821. The summed E-state index contributed by atoms with van der Waals surface area (Å²) in [7, 11) is 1.97. The van der Waals surface area contributed by atoms with Crippen molar-refractivity contribution in [2.75, 3.05) is 18.5 Å². The largest absolute Gasteiger partial charge is 0.354 e. The Balaban J connectivity index is 2.85. The van der Waals surface area contributed by atoms with Gasteiger partial charge in [-0.15, -0.1) is 0 Å². The summed E-state index contributed by atoms with van der Waals surface area (Å²) < 4.78 is 0. The number of nitrogens with zero attached hydrogens (tertiary/aromatic N) is 2. The van der Waals surface area contributed by atoms with Gasteiger partial charge in [0, 0.05) is 24.8 Å². The Morgan fingerprint density at radius 3 is 2.41 bits per heavy atom. The first-order valence-corrected chi connectivity index (χ1v) is 6.53. The smallest absolute Gasteiger partial charge is 0.128 e. The molecule has 0 aliphatic carbocycles. The summed E-state index contributed by atoms with van der Waals surface area (Å²) >= 11 is 0. The number of hydrogen-bond acceptors (Lipinski definition) is 3. The van der Waals surface area contributed by atoms with Crippen molar-refractivity contribution < 1.29 is 0 Å². The summed E-state index contributed by atoms with van der Waals surface area (Å²) in [5.74, 6) is 1.08. The molecule has 0 saturated heterocycles. The predicted molar refractivity (Wildman–Crippen MR) is 74.5 cm³/mol. The van der Waals surface area contributed by atoms with Crippen molar-refractivity contribution in [3.8, 4) is 0 Å². The summed E-state index contributed by atoms with van der Waals surface area (Å²) in [6.07, 6.45) is 3.12. The van der Waals surface area contributed by atoms with Gasteiger partial charge in [0.15, 0.2) is 0 Å². The summed E-state index contributed by atoms with van der Waals surface area (Å²) in [4.78, 5) is 6.91. The molecule has 3 nitrogen and oxygen atoms in total. The number of hydrogen-bond donors (Lipinski definition) is 1. The van der Waals surface area contributed by atoms with Crippen LogP contribution in [0.5, 0.6) is 0 Å². The van der Waals surface area contributed by atoms with Crippen molar-refractivity contribution in [3.05, 3.63) is 23.9 Å². The molecule has 3 heteroatoms. The van der Waals surface area contributed by atoms with E-state index in [1.807, 2.05) is 13.2 Å². The van der Waals surface area contributed by atoms with E-state index < -0.39 is 0 Å². The van der Waals surface area contributed by atoms with Gasteiger partial charge in [-0.25, -0.2) is 4.98 Å². The highest BCUT2D eigenvalue weighted by molar-refractivity contribution is 5.40. The van der Waals surface area contributed by atoms with Crippen LogP contribution in [0, 0.1) is 0 Å². The molecule has 0 aliphatic rings. The minimum atomic E-state index is 0.357. The highest BCUT2D eigenvalue weighted by atomic mass is 15.2. The van der Waals surface area contributed by atoms with Crippen molar-refractivity contribution in [2.45, 2.75) is 46.2 Å². The molecule has 2 unspecified atom stereocenters. The third-order valence-corrected chi connectivity index (χ3v) is 3.46. The van der Waals surface area contributed by atoms with Gasteiger partial charge in [-0.05, 0) is 45.9 Å². The van der Waals surface area contributed by atoms with Crippen molar-refractivity contribution in [1.82, 2.24) is 10.3 Å². The number of nitrogens with one attached hydrogen (secondary N) is 1. The second kappa shape index (κ2) is 6.60. The fourth-order valence-corrected chi connectivity index (χ4v) is 1.91. The van der Waals surface area contributed by atoms with E-state index in [1.54, 1.807) is 0 Å². The molecule has 0 aliphatic heterocycles. The van der Waals surface area contributed by atoms with Crippen molar-refractivity contribution in [2.24, 2.45) is 0 Å². The SMILES string of the molecule is CCC(C)N(CC)c1ccc(C(C)NC)cn1. The van der Waals surface area contributed by atoms with E-state index in [2.05, 4.69) is 55.0 Å². The third-order valence-electron chi connectivity index (χ3n) is 3.46. The van der Waals surface area contributed by atoms with E-state index in [0.717, 1.165) is 18.8 Å². The Morgan fingerprint density at radius 1 is 1.29 bits per heavy atom. The first kappa shape index (κ1) is 14.0. The fourth-order valence-electron chi connectivity index (χ4n) is 1.91. The molecule has 0 radical (unpaired) electrons. The molecule has 96 valence electrons. The van der Waals surface area contributed by atoms with Gasteiger partial charge in [-0.1, -0.05) is 13.0 Å². The van der Waals surface area contributed by atoms with Gasteiger partial charge in [0.25, 0.3) is 0 Å². The minimum absolute atomic E-state index is 0.357. The maximum atomic E-state index is 4.57. The van der Waals surface area contributed by atoms with E-state index in [4.69, 9.17) is 0 Å². The van der Waals surface area contributed by atoms with Gasteiger partial charge in [0.1, 0.15) is 5.82 Å². The second-order valence-corrected chi connectivity index (χ2v) is 4.50. The van der Waals surface area contributed by atoms with E-state index in [-0.39, 0.29) is 0 Å². The molecule has 1 heterocycles. The minimum Gasteiger partial charge on any atom is -0.354 e. The molecule has 0 aromatic carbocycles. The second-order valence-electron chi connectivity index (χ2n) is 4.50. The highest BCUT2D eigenvalue weighted by Gasteiger charge is 2.12. The van der Waals surface area contributed by atoms with Crippen LogP contribution in [0.1, 0.15) is 45.7 Å². The van der Waals surface area contributed by atoms with E-state index in [1.165, 1.54) is 5.56 Å². The van der Waals surface area contributed by atoms with Crippen LogP contribution in [0.4, 0.5) is 5.82 Å². The zero-order valence-electron chi connectivity index (χ0n) is 11.7. The summed E-state index contributed by atoms with van der Waals surface area (Å²) in [5, 5.41) is 3.22. The van der Waals surface area contributed by atoms with Crippen LogP contribution in [0.25, 0.3) is 0 Å². The van der Waals surface area contributed by atoms with E-state index in [0.29, 0.717) is 12.1 Å². The first-order chi connectivity index (χ1) is 8.13.